The summed E-state index contributed by atoms with van der Waals surface area (Å²) >= 11 is 6.17. The molecule has 1 aliphatic heterocycles. The number of nitrogens with zero attached hydrogens (tertiary/aromatic N) is 1. The van der Waals surface area contributed by atoms with Crippen molar-refractivity contribution in [2.45, 2.75) is 12.5 Å². The summed E-state index contributed by atoms with van der Waals surface area (Å²) in [6, 6.07) is 24.2. The Hall–Kier alpha value is -2.98. The normalized spacial score (nSPS) is 18.4. The van der Waals surface area contributed by atoms with Gasteiger partial charge in [0.15, 0.2) is 5.54 Å². The molecule has 4 rings (SSSR count). The van der Waals surface area contributed by atoms with Gasteiger partial charge in [-0.3, -0.25) is 0 Å². The minimum atomic E-state index is -0.691. The molecule has 0 spiro atoms. The van der Waals surface area contributed by atoms with E-state index in [-0.39, 0.29) is 6.02 Å². The Balaban J connectivity index is 1.80. The highest BCUT2D eigenvalue weighted by Gasteiger charge is 2.40. The molecular formula is C23H21ClN2O2. The number of rotatable bonds is 5. The SMILES string of the molecule is CCOc1ccc(C2(c3cccc(-c4cccc(Cl)c4)c3)COC(N)=N2)cc1. The Morgan fingerprint density at radius 1 is 1.00 bits per heavy atom. The van der Waals surface area contributed by atoms with E-state index in [1.807, 2.05) is 61.5 Å². The van der Waals surface area contributed by atoms with Crippen LogP contribution >= 0.6 is 11.6 Å². The van der Waals surface area contributed by atoms with Gasteiger partial charge in [0.05, 0.1) is 6.61 Å². The van der Waals surface area contributed by atoms with Gasteiger partial charge in [-0.05, 0) is 59.5 Å². The molecule has 0 saturated carbocycles. The van der Waals surface area contributed by atoms with Crippen molar-refractivity contribution in [1.29, 1.82) is 0 Å². The maximum absolute atomic E-state index is 6.17. The van der Waals surface area contributed by atoms with Crippen LogP contribution in [0.3, 0.4) is 0 Å². The van der Waals surface area contributed by atoms with Crippen LogP contribution in [-0.4, -0.2) is 19.2 Å². The third kappa shape index (κ3) is 3.43. The third-order valence-corrected chi connectivity index (χ3v) is 5.11. The summed E-state index contributed by atoms with van der Waals surface area (Å²) in [5.74, 6) is 0.824. The molecule has 1 heterocycles. The predicted molar refractivity (Wildman–Crippen MR) is 113 cm³/mol. The number of halogens is 1. The first-order valence-electron chi connectivity index (χ1n) is 9.19. The number of benzene rings is 3. The Kier molecular flexibility index (Phi) is 4.97. The number of hydrogen-bond acceptors (Lipinski definition) is 4. The summed E-state index contributed by atoms with van der Waals surface area (Å²) in [4.78, 5) is 4.69. The lowest BCUT2D eigenvalue weighted by Gasteiger charge is -2.26. The zero-order valence-electron chi connectivity index (χ0n) is 15.6. The van der Waals surface area contributed by atoms with Gasteiger partial charge in [-0.25, -0.2) is 4.99 Å². The molecule has 0 fully saturated rings. The number of hydrogen-bond donors (Lipinski definition) is 1. The van der Waals surface area contributed by atoms with E-state index >= 15 is 0 Å². The van der Waals surface area contributed by atoms with Gasteiger partial charge >= 0.3 is 0 Å². The van der Waals surface area contributed by atoms with Gasteiger partial charge in [0.25, 0.3) is 6.02 Å². The van der Waals surface area contributed by atoms with Gasteiger partial charge in [-0.2, -0.15) is 0 Å². The van der Waals surface area contributed by atoms with E-state index in [0.717, 1.165) is 28.0 Å². The van der Waals surface area contributed by atoms with Crippen LogP contribution in [0.15, 0.2) is 77.8 Å². The van der Waals surface area contributed by atoms with Gasteiger partial charge in [0, 0.05) is 5.02 Å². The lowest BCUT2D eigenvalue weighted by molar-refractivity contribution is 0.278. The van der Waals surface area contributed by atoms with E-state index in [1.165, 1.54) is 0 Å². The van der Waals surface area contributed by atoms with Gasteiger partial charge in [0.1, 0.15) is 12.4 Å². The van der Waals surface area contributed by atoms with Gasteiger partial charge < -0.3 is 15.2 Å². The van der Waals surface area contributed by atoms with Crippen LogP contribution in [0.4, 0.5) is 0 Å². The fourth-order valence-corrected chi connectivity index (χ4v) is 3.70. The second kappa shape index (κ2) is 7.56. The highest BCUT2D eigenvalue weighted by Crippen LogP contribution is 2.39. The Bertz CT molecular complexity index is 1020. The average Bonchev–Trinajstić information content (AvgIpc) is 3.12. The van der Waals surface area contributed by atoms with E-state index in [0.29, 0.717) is 18.2 Å². The van der Waals surface area contributed by atoms with Gasteiger partial charge in [-0.1, -0.05) is 54.1 Å². The molecule has 0 amide bonds. The van der Waals surface area contributed by atoms with E-state index in [4.69, 9.17) is 31.8 Å². The zero-order chi connectivity index (χ0) is 19.6. The molecule has 2 N–H and O–H groups in total. The minimum absolute atomic E-state index is 0.196. The maximum Gasteiger partial charge on any atom is 0.283 e. The fraction of sp³-hybridized carbons (Fsp3) is 0.174. The summed E-state index contributed by atoms with van der Waals surface area (Å²) in [7, 11) is 0. The van der Waals surface area contributed by atoms with Crippen molar-refractivity contribution in [3.8, 4) is 16.9 Å². The first kappa shape index (κ1) is 18.4. The van der Waals surface area contributed by atoms with Crippen LogP contribution in [0.1, 0.15) is 18.1 Å². The molecule has 3 aromatic rings. The van der Waals surface area contributed by atoms with Gasteiger partial charge in [-0.15, -0.1) is 0 Å². The topological polar surface area (TPSA) is 56.8 Å². The van der Waals surface area contributed by atoms with Crippen molar-refractivity contribution in [3.05, 3.63) is 88.9 Å². The molecule has 1 aliphatic rings. The van der Waals surface area contributed by atoms with Crippen molar-refractivity contribution >= 4 is 17.6 Å². The molecule has 4 nitrogen and oxygen atoms in total. The van der Waals surface area contributed by atoms with Crippen molar-refractivity contribution in [3.63, 3.8) is 0 Å². The molecule has 0 aliphatic carbocycles. The largest absolute Gasteiger partial charge is 0.494 e. The predicted octanol–water partition coefficient (Wildman–Crippen LogP) is 4.99. The quantitative estimate of drug-likeness (QED) is 0.665. The van der Waals surface area contributed by atoms with Gasteiger partial charge in [0.2, 0.25) is 0 Å². The lowest BCUT2D eigenvalue weighted by atomic mass is 9.83. The van der Waals surface area contributed by atoms with E-state index in [2.05, 4.69) is 18.2 Å². The number of amidine groups is 1. The minimum Gasteiger partial charge on any atom is -0.494 e. The molecule has 3 aromatic carbocycles. The fourth-order valence-electron chi connectivity index (χ4n) is 3.51. The molecule has 0 radical (unpaired) electrons. The van der Waals surface area contributed by atoms with Crippen LogP contribution in [0.2, 0.25) is 5.02 Å². The van der Waals surface area contributed by atoms with Crippen molar-refractivity contribution < 1.29 is 9.47 Å². The monoisotopic (exact) mass is 392 g/mol. The van der Waals surface area contributed by atoms with E-state index in [1.54, 1.807) is 0 Å². The highest BCUT2D eigenvalue weighted by molar-refractivity contribution is 6.30. The highest BCUT2D eigenvalue weighted by atomic mass is 35.5. The molecule has 0 aromatic heterocycles. The second-order valence-electron chi connectivity index (χ2n) is 6.65. The van der Waals surface area contributed by atoms with Crippen molar-refractivity contribution in [2.75, 3.05) is 13.2 Å². The second-order valence-corrected chi connectivity index (χ2v) is 7.08. The first-order chi connectivity index (χ1) is 13.6. The summed E-state index contributed by atoms with van der Waals surface area (Å²) in [5.41, 5.74) is 9.34. The van der Waals surface area contributed by atoms with Crippen molar-refractivity contribution in [1.82, 2.24) is 0 Å². The van der Waals surface area contributed by atoms with Crippen LogP contribution < -0.4 is 10.5 Å². The Morgan fingerprint density at radius 3 is 2.36 bits per heavy atom. The molecule has 1 unspecified atom stereocenters. The number of ether oxygens (including phenoxy) is 2. The standard InChI is InChI=1S/C23H21ClN2O2/c1-2-27-21-11-9-18(10-12-21)23(15-28-22(25)26-23)19-7-3-5-16(13-19)17-6-4-8-20(24)14-17/h3-14H,2,15H2,1H3,(H2,25,26). The zero-order valence-corrected chi connectivity index (χ0v) is 16.3. The smallest absolute Gasteiger partial charge is 0.283 e. The lowest BCUT2D eigenvalue weighted by Crippen LogP contribution is -2.27. The summed E-state index contributed by atoms with van der Waals surface area (Å²) in [6.07, 6.45) is 0. The molecule has 0 bridgehead atoms. The Morgan fingerprint density at radius 2 is 1.71 bits per heavy atom. The van der Waals surface area contributed by atoms with Crippen LogP contribution in [0.5, 0.6) is 5.75 Å². The summed E-state index contributed by atoms with van der Waals surface area (Å²) in [5, 5.41) is 0.704. The third-order valence-electron chi connectivity index (χ3n) is 4.87. The molecule has 5 heteroatoms. The van der Waals surface area contributed by atoms with Crippen LogP contribution in [0.25, 0.3) is 11.1 Å². The maximum atomic E-state index is 6.17. The first-order valence-corrected chi connectivity index (χ1v) is 9.56. The summed E-state index contributed by atoms with van der Waals surface area (Å²) < 4.78 is 11.2. The van der Waals surface area contributed by atoms with E-state index in [9.17, 15) is 0 Å². The average molecular weight is 393 g/mol. The van der Waals surface area contributed by atoms with Crippen LogP contribution in [0, 0.1) is 0 Å². The molecule has 28 heavy (non-hydrogen) atoms. The molecule has 142 valence electrons. The number of aliphatic imine (C=N–C) groups is 1. The molecular weight excluding hydrogens is 372 g/mol. The summed E-state index contributed by atoms with van der Waals surface area (Å²) in [6.45, 7) is 2.94. The number of nitrogens with two attached hydrogens (primary N) is 1. The molecule has 1 atom stereocenters. The van der Waals surface area contributed by atoms with E-state index < -0.39 is 5.54 Å². The van der Waals surface area contributed by atoms with Crippen molar-refractivity contribution in [2.24, 2.45) is 10.7 Å². The molecule has 0 saturated heterocycles. The van der Waals surface area contributed by atoms with Crippen LogP contribution in [-0.2, 0) is 10.3 Å². The Labute approximate surface area is 169 Å².